The van der Waals surface area contributed by atoms with Gasteiger partial charge in [0.15, 0.2) is 0 Å². The fraction of sp³-hybridized carbons (Fsp3) is 0.263. The second-order valence-electron chi connectivity index (χ2n) is 5.80. The summed E-state index contributed by atoms with van der Waals surface area (Å²) in [5.41, 5.74) is 2.54. The lowest BCUT2D eigenvalue weighted by Crippen LogP contribution is -2.33. The van der Waals surface area contributed by atoms with Gasteiger partial charge in [-0.1, -0.05) is 18.2 Å². The van der Waals surface area contributed by atoms with E-state index < -0.39 is 0 Å². The van der Waals surface area contributed by atoms with Crippen molar-refractivity contribution in [3.05, 3.63) is 54.4 Å². The van der Waals surface area contributed by atoms with Crippen molar-refractivity contribution in [1.82, 2.24) is 15.3 Å². The monoisotopic (exact) mass is 370 g/mol. The van der Waals surface area contributed by atoms with Crippen molar-refractivity contribution in [1.29, 1.82) is 0 Å². The number of aromatic nitrogens is 2. The molecule has 0 aliphatic carbocycles. The summed E-state index contributed by atoms with van der Waals surface area (Å²) >= 11 is 1.74. The zero-order chi connectivity index (χ0) is 18.4. The third kappa shape index (κ3) is 4.49. The first-order chi connectivity index (χ1) is 12.7. The largest absolute Gasteiger partial charge is 0.497 e. The molecule has 3 aromatic rings. The number of carbonyl (C=O) groups is 1. The van der Waals surface area contributed by atoms with E-state index in [0.29, 0.717) is 11.4 Å². The number of rotatable bonds is 7. The minimum atomic E-state index is -0.273. The van der Waals surface area contributed by atoms with Crippen LogP contribution in [0.3, 0.4) is 0 Å². The molecule has 3 rings (SSSR count). The van der Waals surface area contributed by atoms with Gasteiger partial charge in [0.2, 0.25) is 0 Å². The van der Waals surface area contributed by atoms with Gasteiger partial charge < -0.3 is 20.4 Å². The SMILES string of the molecule is COc1cccc(NC(=O)N[C@@H](CCSC)c2nc3ccccc3[nH]2)c1. The first-order valence-corrected chi connectivity index (χ1v) is 9.74. The molecule has 2 aromatic carbocycles. The molecule has 2 amide bonds. The van der Waals surface area contributed by atoms with Crippen LogP contribution in [0.15, 0.2) is 48.5 Å². The highest BCUT2D eigenvalue weighted by Crippen LogP contribution is 2.21. The van der Waals surface area contributed by atoms with Crippen LogP contribution in [0.2, 0.25) is 0 Å². The number of hydrogen-bond donors (Lipinski definition) is 3. The number of para-hydroxylation sites is 2. The summed E-state index contributed by atoms with van der Waals surface area (Å²) in [4.78, 5) is 20.4. The van der Waals surface area contributed by atoms with Crippen molar-refractivity contribution in [2.45, 2.75) is 12.5 Å². The molecule has 0 bridgehead atoms. The number of nitrogens with one attached hydrogen (secondary N) is 3. The summed E-state index contributed by atoms with van der Waals surface area (Å²) in [6.07, 6.45) is 2.83. The number of imidazole rings is 1. The van der Waals surface area contributed by atoms with E-state index in [4.69, 9.17) is 4.74 Å². The van der Waals surface area contributed by atoms with Crippen molar-refractivity contribution < 1.29 is 9.53 Å². The highest BCUT2D eigenvalue weighted by atomic mass is 32.2. The zero-order valence-electron chi connectivity index (χ0n) is 14.8. The summed E-state index contributed by atoms with van der Waals surface area (Å²) in [7, 11) is 1.60. The molecule has 0 spiro atoms. The van der Waals surface area contributed by atoms with Gasteiger partial charge in [0, 0.05) is 11.8 Å². The molecular weight excluding hydrogens is 348 g/mol. The quantitative estimate of drug-likeness (QED) is 0.583. The Kier molecular flexibility index (Phi) is 6.01. The predicted molar refractivity (Wildman–Crippen MR) is 107 cm³/mol. The Labute approximate surface area is 156 Å². The van der Waals surface area contributed by atoms with Crippen molar-refractivity contribution in [3.63, 3.8) is 0 Å². The highest BCUT2D eigenvalue weighted by molar-refractivity contribution is 7.98. The Balaban J connectivity index is 1.73. The number of fused-ring (bicyclic) bond motifs is 1. The normalized spacial score (nSPS) is 11.9. The minimum absolute atomic E-state index is 0.194. The van der Waals surface area contributed by atoms with Crippen molar-refractivity contribution in [2.24, 2.45) is 0 Å². The molecule has 0 unspecified atom stereocenters. The molecule has 1 heterocycles. The van der Waals surface area contributed by atoms with Crippen LogP contribution in [0, 0.1) is 0 Å². The first kappa shape index (κ1) is 18.1. The van der Waals surface area contributed by atoms with Gasteiger partial charge in [-0.25, -0.2) is 9.78 Å². The van der Waals surface area contributed by atoms with Crippen LogP contribution in [-0.2, 0) is 0 Å². The first-order valence-electron chi connectivity index (χ1n) is 8.34. The molecule has 0 radical (unpaired) electrons. The van der Waals surface area contributed by atoms with E-state index in [9.17, 15) is 4.79 Å². The average Bonchev–Trinajstić information content (AvgIpc) is 3.09. The molecule has 136 valence electrons. The fourth-order valence-corrected chi connectivity index (χ4v) is 3.15. The number of nitrogens with zero attached hydrogens (tertiary/aromatic N) is 1. The Hall–Kier alpha value is -2.67. The summed E-state index contributed by atoms with van der Waals surface area (Å²) in [5, 5.41) is 5.87. The smallest absolute Gasteiger partial charge is 0.319 e. The zero-order valence-corrected chi connectivity index (χ0v) is 15.6. The number of anilines is 1. The molecule has 3 N–H and O–H groups in total. The van der Waals surface area contributed by atoms with Gasteiger partial charge in [0.25, 0.3) is 0 Å². The van der Waals surface area contributed by atoms with E-state index in [2.05, 4.69) is 20.6 Å². The van der Waals surface area contributed by atoms with Crippen molar-refractivity contribution in [2.75, 3.05) is 24.4 Å². The van der Waals surface area contributed by atoms with Gasteiger partial charge >= 0.3 is 6.03 Å². The van der Waals surface area contributed by atoms with Crippen LogP contribution in [0.5, 0.6) is 5.75 Å². The van der Waals surface area contributed by atoms with E-state index in [-0.39, 0.29) is 12.1 Å². The number of methoxy groups -OCH3 is 1. The summed E-state index contributed by atoms with van der Waals surface area (Å²) in [5.74, 6) is 2.38. The third-order valence-electron chi connectivity index (χ3n) is 3.98. The van der Waals surface area contributed by atoms with Crippen molar-refractivity contribution >= 4 is 34.5 Å². The summed E-state index contributed by atoms with van der Waals surface area (Å²) in [6, 6.07) is 14.6. The molecule has 0 fully saturated rings. The Bertz CT molecular complexity index is 848. The average molecular weight is 370 g/mol. The third-order valence-corrected chi connectivity index (χ3v) is 4.63. The number of aromatic amines is 1. The Morgan fingerprint density at radius 1 is 1.27 bits per heavy atom. The van der Waals surface area contributed by atoms with Crippen LogP contribution >= 0.6 is 11.8 Å². The standard InChI is InChI=1S/C19H22N4O2S/c1-25-14-7-5-6-13(12-14)20-19(24)23-17(10-11-26-2)18-21-15-8-3-4-9-16(15)22-18/h3-9,12,17H,10-11H2,1-2H3,(H,21,22)(H2,20,23,24)/t17-/m0/s1. The Morgan fingerprint density at radius 3 is 2.88 bits per heavy atom. The lowest BCUT2D eigenvalue weighted by atomic mass is 10.2. The van der Waals surface area contributed by atoms with E-state index in [1.807, 2.05) is 48.7 Å². The van der Waals surface area contributed by atoms with E-state index in [0.717, 1.165) is 29.0 Å². The molecular formula is C19H22N4O2S. The maximum absolute atomic E-state index is 12.5. The number of hydrogen-bond acceptors (Lipinski definition) is 4. The number of benzene rings is 2. The van der Waals surface area contributed by atoms with Crippen LogP contribution in [0.4, 0.5) is 10.5 Å². The maximum atomic E-state index is 12.5. The molecule has 1 atom stereocenters. The van der Waals surface area contributed by atoms with Gasteiger partial charge in [0.1, 0.15) is 11.6 Å². The van der Waals surface area contributed by atoms with E-state index >= 15 is 0 Å². The fourth-order valence-electron chi connectivity index (χ4n) is 2.68. The number of amides is 2. The van der Waals surface area contributed by atoms with Gasteiger partial charge in [0.05, 0.1) is 24.2 Å². The molecule has 0 saturated carbocycles. The van der Waals surface area contributed by atoms with E-state index in [1.165, 1.54) is 0 Å². The van der Waals surface area contributed by atoms with Gasteiger partial charge in [-0.15, -0.1) is 0 Å². The van der Waals surface area contributed by atoms with Gasteiger partial charge in [-0.2, -0.15) is 11.8 Å². The van der Waals surface area contributed by atoms with Crippen LogP contribution in [0.25, 0.3) is 11.0 Å². The van der Waals surface area contributed by atoms with E-state index in [1.54, 1.807) is 24.9 Å². The highest BCUT2D eigenvalue weighted by Gasteiger charge is 2.18. The van der Waals surface area contributed by atoms with Gasteiger partial charge in [-0.05, 0) is 42.7 Å². The topological polar surface area (TPSA) is 79.0 Å². The number of thioether (sulfide) groups is 1. The van der Waals surface area contributed by atoms with Gasteiger partial charge in [-0.3, -0.25) is 0 Å². The predicted octanol–water partition coefficient (Wildman–Crippen LogP) is 4.19. The molecule has 0 aliphatic rings. The lowest BCUT2D eigenvalue weighted by Gasteiger charge is -2.17. The second kappa shape index (κ2) is 8.62. The molecule has 7 heteroatoms. The number of urea groups is 1. The number of carbonyl (C=O) groups excluding carboxylic acids is 1. The minimum Gasteiger partial charge on any atom is -0.497 e. The molecule has 26 heavy (non-hydrogen) atoms. The van der Waals surface area contributed by atoms with Crippen molar-refractivity contribution in [3.8, 4) is 5.75 Å². The van der Waals surface area contributed by atoms with Crippen LogP contribution in [-0.4, -0.2) is 35.1 Å². The maximum Gasteiger partial charge on any atom is 0.319 e. The van der Waals surface area contributed by atoms with Crippen LogP contribution in [0.1, 0.15) is 18.3 Å². The van der Waals surface area contributed by atoms with Crippen LogP contribution < -0.4 is 15.4 Å². The summed E-state index contributed by atoms with van der Waals surface area (Å²) in [6.45, 7) is 0. The molecule has 0 saturated heterocycles. The second-order valence-corrected chi connectivity index (χ2v) is 6.79. The molecule has 0 aliphatic heterocycles. The lowest BCUT2D eigenvalue weighted by molar-refractivity contribution is 0.248. The summed E-state index contributed by atoms with van der Waals surface area (Å²) < 4.78 is 5.18. The number of ether oxygens (including phenoxy) is 1. The molecule has 1 aromatic heterocycles. The molecule has 6 nitrogen and oxygen atoms in total. The Morgan fingerprint density at radius 2 is 2.12 bits per heavy atom. The number of H-pyrrole nitrogens is 1.